The van der Waals surface area contributed by atoms with Gasteiger partial charge in [0.05, 0.1) is 24.8 Å². The second kappa shape index (κ2) is 8.36. The Bertz CT molecular complexity index is 460. The fourth-order valence-electron chi connectivity index (χ4n) is 1.70. The lowest BCUT2D eigenvalue weighted by atomic mass is 10.2. The van der Waals surface area contributed by atoms with E-state index >= 15 is 0 Å². The fourth-order valence-corrected chi connectivity index (χ4v) is 2.02. The Hall–Kier alpha value is -0.950. The molecule has 1 heterocycles. The summed E-state index contributed by atoms with van der Waals surface area (Å²) in [6.07, 6.45) is 0. The zero-order valence-electron chi connectivity index (χ0n) is 11.6. The normalized spacial score (nSPS) is 12.2. The molecule has 0 aliphatic heterocycles. The molecule has 0 saturated carbocycles. The molecule has 0 saturated heterocycles. The second-order valence-corrected chi connectivity index (χ2v) is 4.91. The lowest BCUT2D eigenvalue weighted by Crippen LogP contribution is -2.43. The Morgan fingerprint density at radius 2 is 2.05 bits per heavy atom. The molecule has 1 aromatic rings. The van der Waals surface area contributed by atoms with Gasteiger partial charge in [-0.15, -0.1) is 10.2 Å². The summed E-state index contributed by atoms with van der Waals surface area (Å²) >= 11 is 11.7. The van der Waals surface area contributed by atoms with Crippen molar-refractivity contribution in [1.29, 1.82) is 0 Å². The van der Waals surface area contributed by atoms with Crippen LogP contribution in [0.1, 0.15) is 17.3 Å². The standard InChI is InChI=1S/C12H17Cl2N3O3/c1-8(7-20-3)17(4-5-19-2)12(18)9-6-10(13)15-16-11(9)14/h6,8H,4-5,7H2,1-3H3. The summed E-state index contributed by atoms with van der Waals surface area (Å²) in [6, 6.07) is 1.27. The highest BCUT2D eigenvalue weighted by Crippen LogP contribution is 2.18. The molecule has 1 rings (SSSR count). The predicted molar refractivity (Wildman–Crippen MR) is 76.3 cm³/mol. The van der Waals surface area contributed by atoms with E-state index in [1.165, 1.54) is 6.07 Å². The number of carbonyl (C=O) groups is 1. The molecule has 1 amide bonds. The molecule has 0 fully saturated rings. The summed E-state index contributed by atoms with van der Waals surface area (Å²) in [5.74, 6) is -0.284. The van der Waals surface area contributed by atoms with Crippen molar-refractivity contribution in [1.82, 2.24) is 15.1 Å². The van der Waals surface area contributed by atoms with E-state index in [2.05, 4.69) is 10.2 Å². The van der Waals surface area contributed by atoms with Crippen LogP contribution in [0.25, 0.3) is 0 Å². The molecule has 0 aromatic carbocycles. The summed E-state index contributed by atoms with van der Waals surface area (Å²) in [6.45, 7) is 3.10. The van der Waals surface area contributed by atoms with Gasteiger partial charge >= 0.3 is 0 Å². The molecule has 0 spiro atoms. The number of aromatic nitrogens is 2. The van der Waals surface area contributed by atoms with Crippen LogP contribution >= 0.6 is 23.2 Å². The molecule has 0 radical (unpaired) electrons. The van der Waals surface area contributed by atoms with Gasteiger partial charge in [0.25, 0.3) is 5.91 Å². The average molecular weight is 322 g/mol. The first-order valence-electron chi connectivity index (χ1n) is 5.98. The molecule has 1 aromatic heterocycles. The van der Waals surface area contributed by atoms with E-state index in [9.17, 15) is 4.79 Å². The van der Waals surface area contributed by atoms with Crippen molar-refractivity contribution in [2.24, 2.45) is 0 Å². The SMILES string of the molecule is COCCN(C(=O)c1cc(Cl)nnc1Cl)C(C)COC. The molecular weight excluding hydrogens is 305 g/mol. The zero-order valence-corrected chi connectivity index (χ0v) is 13.1. The maximum Gasteiger partial charge on any atom is 0.257 e. The minimum atomic E-state index is -0.284. The molecule has 8 heteroatoms. The van der Waals surface area contributed by atoms with E-state index in [1.54, 1.807) is 19.1 Å². The highest BCUT2D eigenvalue weighted by Gasteiger charge is 2.24. The maximum absolute atomic E-state index is 12.5. The minimum absolute atomic E-state index is 0.0198. The van der Waals surface area contributed by atoms with Gasteiger partial charge in [-0.05, 0) is 13.0 Å². The summed E-state index contributed by atoms with van der Waals surface area (Å²) in [7, 11) is 3.15. The van der Waals surface area contributed by atoms with Crippen molar-refractivity contribution in [3.8, 4) is 0 Å². The molecule has 112 valence electrons. The second-order valence-electron chi connectivity index (χ2n) is 4.17. The number of rotatable bonds is 7. The largest absolute Gasteiger partial charge is 0.383 e. The van der Waals surface area contributed by atoms with E-state index in [4.69, 9.17) is 32.7 Å². The lowest BCUT2D eigenvalue weighted by molar-refractivity contribution is 0.0479. The van der Waals surface area contributed by atoms with E-state index in [1.807, 2.05) is 6.92 Å². The van der Waals surface area contributed by atoms with Gasteiger partial charge in [0.2, 0.25) is 0 Å². The molecule has 0 aliphatic rings. The number of halogens is 2. The van der Waals surface area contributed by atoms with Crippen molar-refractivity contribution >= 4 is 29.1 Å². The molecular formula is C12H17Cl2N3O3. The van der Waals surface area contributed by atoms with Gasteiger partial charge < -0.3 is 14.4 Å². The number of ether oxygens (including phenoxy) is 2. The quantitative estimate of drug-likeness (QED) is 0.767. The first kappa shape index (κ1) is 17.1. The molecule has 6 nitrogen and oxygen atoms in total. The number of hydrogen-bond acceptors (Lipinski definition) is 5. The van der Waals surface area contributed by atoms with Crippen molar-refractivity contribution in [2.45, 2.75) is 13.0 Å². The molecule has 0 bridgehead atoms. The van der Waals surface area contributed by atoms with E-state index in [-0.39, 0.29) is 27.8 Å². The van der Waals surface area contributed by atoms with Crippen LogP contribution in [0.5, 0.6) is 0 Å². The molecule has 0 aliphatic carbocycles. The van der Waals surface area contributed by atoms with E-state index < -0.39 is 0 Å². The summed E-state index contributed by atoms with van der Waals surface area (Å²) < 4.78 is 10.1. The van der Waals surface area contributed by atoms with Crippen LogP contribution in [0, 0.1) is 0 Å². The van der Waals surface area contributed by atoms with Crippen molar-refractivity contribution in [3.63, 3.8) is 0 Å². The van der Waals surface area contributed by atoms with Gasteiger partial charge in [-0.2, -0.15) is 0 Å². The van der Waals surface area contributed by atoms with Crippen LogP contribution in [-0.4, -0.2) is 61.0 Å². The molecule has 20 heavy (non-hydrogen) atoms. The Morgan fingerprint density at radius 3 is 2.65 bits per heavy atom. The first-order valence-corrected chi connectivity index (χ1v) is 6.74. The molecule has 1 atom stereocenters. The topological polar surface area (TPSA) is 64.5 Å². The summed E-state index contributed by atoms with van der Waals surface area (Å²) in [5, 5.41) is 7.36. The first-order chi connectivity index (χ1) is 9.51. The smallest absolute Gasteiger partial charge is 0.257 e. The van der Waals surface area contributed by atoms with Crippen molar-refractivity contribution in [3.05, 3.63) is 21.9 Å². The zero-order chi connectivity index (χ0) is 15.1. The van der Waals surface area contributed by atoms with E-state index in [0.29, 0.717) is 19.8 Å². The number of methoxy groups -OCH3 is 2. The van der Waals surface area contributed by atoms with Crippen molar-refractivity contribution in [2.75, 3.05) is 34.0 Å². The van der Waals surface area contributed by atoms with Gasteiger partial charge in [0, 0.05) is 20.8 Å². The highest BCUT2D eigenvalue weighted by molar-refractivity contribution is 6.34. The maximum atomic E-state index is 12.5. The monoisotopic (exact) mass is 321 g/mol. The molecule has 1 unspecified atom stereocenters. The molecule has 0 N–H and O–H groups in total. The third kappa shape index (κ3) is 4.56. The van der Waals surface area contributed by atoms with Crippen LogP contribution in [0.2, 0.25) is 10.3 Å². The van der Waals surface area contributed by atoms with Crippen LogP contribution in [0.4, 0.5) is 0 Å². The highest BCUT2D eigenvalue weighted by atomic mass is 35.5. The van der Waals surface area contributed by atoms with Crippen molar-refractivity contribution < 1.29 is 14.3 Å². The number of hydrogen-bond donors (Lipinski definition) is 0. The summed E-state index contributed by atoms with van der Waals surface area (Å²) in [4.78, 5) is 14.1. The Labute approximate surface area is 128 Å². The van der Waals surface area contributed by atoms with E-state index in [0.717, 1.165) is 0 Å². The summed E-state index contributed by atoms with van der Waals surface area (Å²) in [5.41, 5.74) is 0.214. The van der Waals surface area contributed by atoms with Gasteiger partial charge in [-0.1, -0.05) is 23.2 Å². The predicted octanol–water partition coefficient (Wildman–Crippen LogP) is 1.91. The third-order valence-electron chi connectivity index (χ3n) is 2.69. The average Bonchev–Trinajstić information content (AvgIpc) is 2.42. The number of nitrogens with zero attached hydrogens (tertiary/aromatic N) is 3. The number of amides is 1. The van der Waals surface area contributed by atoms with Gasteiger partial charge in [-0.3, -0.25) is 4.79 Å². The Balaban J connectivity index is 2.99. The van der Waals surface area contributed by atoms with Crippen LogP contribution in [-0.2, 0) is 9.47 Å². The fraction of sp³-hybridized carbons (Fsp3) is 0.583. The third-order valence-corrected chi connectivity index (χ3v) is 3.15. The van der Waals surface area contributed by atoms with Gasteiger partial charge in [0.15, 0.2) is 10.3 Å². The Morgan fingerprint density at radius 1 is 1.35 bits per heavy atom. The Kier molecular flexibility index (Phi) is 7.15. The van der Waals surface area contributed by atoms with Gasteiger partial charge in [0.1, 0.15) is 0 Å². The minimum Gasteiger partial charge on any atom is -0.383 e. The van der Waals surface area contributed by atoms with Crippen LogP contribution < -0.4 is 0 Å². The number of carbonyl (C=O) groups excluding carboxylic acids is 1. The van der Waals surface area contributed by atoms with Crippen LogP contribution in [0.3, 0.4) is 0 Å². The lowest BCUT2D eigenvalue weighted by Gasteiger charge is -2.28. The van der Waals surface area contributed by atoms with Crippen LogP contribution in [0.15, 0.2) is 6.07 Å². The van der Waals surface area contributed by atoms with Gasteiger partial charge in [-0.25, -0.2) is 0 Å².